The zero-order chi connectivity index (χ0) is 32.2. The Kier molecular flexibility index (Phi) is 10.0. The Balaban J connectivity index is 1.21. The Morgan fingerprint density at radius 3 is 2.91 bits per heavy atom. The molecule has 0 amide bonds. The van der Waals surface area contributed by atoms with E-state index in [0.717, 1.165) is 76.2 Å². The molecule has 2 bridgehead atoms. The number of nitrogens with one attached hydrogen (secondary N) is 2. The van der Waals surface area contributed by atoms with Crippen LogP contribution in [0.2, 0.25) is 0 Å². The van der Waals surface area contributed by atoms with Crippen molar-refractivity contribution in [3.05, 3.63) is 81.2 Å². The third kappa shape index (κ3) is 7.12. The van der Waals surface area contributed by atoms with Crippen molar-refractivity contribution in [3.63, 3.8) is 0 Å². The van der Waals surface area contributed by atoms with Crippen molar-refractivity contribution in [2.24, 2.45) is 10.7 Å². The molecule has 9 heteroatoms. The molecule has 0 aromatic heterocycles. The highest BCUT2D eigenvalue weighted by Crippen LogP contribution is 2.34. The van der Waals surface area contributed by atoms with Gasteiger partial charge in [0, 0.05) is 37.6 Å². The van der Waals surface area contributed by atoms with E-state index in [4.69, 9.17) is 15.5 Å². The molecule has 0 saturated carbocycles. The number of nitrogens with two attached hydrogens (primary N) is 1. The second-order valence-electron chi connectivity index (χ2n) is 12.8. The van der Waals surface area contributed by atoms with Gasteiger partial charge in [0.1, 0.15) is 36.7 Å². The summed E-state index contributed by atoms with van der Waals surface area (Å²) in [6.07, 6.45) is 8.20. The van der Waals surface area contributed by atoms with Gasteiger partial charge in [-0.05, 0) is 64.8 Å². The first kappa shape index (κ1) is 32.2. The van der Waals surface area contributed by atoms with Gasteiger partial charge in [-0.3, -0.25) is 20.0 Å². The molecule has 2 aromatic carbocycles. The van der Waals surface area contributed by atoms with Crippen LogP contribution in [-0.2, 0) is 24.1 Å². The van der Waals surface area contributed by atoms with Crippen molar-refractivity contribution < 1.29 is 29.8 Å². The zero-order valence-electron chi connectivity index (χ0n) is 26.5. The minimum absolute atomic E-state index is 0.0105. The standard InChI is InChI=1S/C37H44N4O5/c1-2-3-4-6-25(42)19-26(43)11-9-23-10-14-34(45)35(17-23)46-36-8-5-7-33(44)28-12-13-29-27(15-16-39-37(29)38)30(28)18-24-20-40-32-22-41(36)21-31(24)32/h10,12-14,17,20,22,25,33,36-37,39,42,44-45H,2-4,6,8-9,11,15-16,18-19,21,38H2,1H3/p+1/t25-,33+,36+,37-/m1/s1. The van der Waals surface area contributed by atoms with E-state index in [1.54, 1.807) is 18.2 Å². The fraction of sp³-hybridized carbons (Fsp3) is 0.459. The lowest BCUT2D eigenvalue weighted by atomic mass is 9.85. The number of aliphatic hydroxyl groups is 2. The van der Waals surface area contributed by atoms with E-state index in [9.17, 15) is 20.1 Å². The van der Waals surface area contributed by atoms with Gasteiger partial charge >= 0.3 is 0 Å². The molecule has 4 heterocycles. The van der Waals surface area contributed by atoms with E-state index in [-0.39, 0.29) is 24.1 Å². The number of rotatable bonds is 11. The van der Waals surface area contributed by atoms with Crippen LogP contribution >= 0.6 is 0 Å². The summed E-state index contributed by atoms with van der Waals surface area (Å²) in [4.78, 5) is 18.3. The molecule has 7 N–H and O–H groups in total. The molecule has 0 aliphatic carbocycles. The number of nitrogens with zero attached hydrogens (tertiary/aromatic N) is 1. The summed E-state index contributed by atoms with van der Waals surface area (Å²) in [6, 6.07) is 9.12. The number of allylic oxidation sites excluding steroid dienone is 1. The van der Waals surface area contributed by atoms with Crippen LogP contribution in [0, 0.1) is 11.8 Å². The molecule has 5 atom stereocenters. The van der Waals surface area contributed by atoms with Crippen LogP contribution in [0.3, 0.4) is 0 Å². The van der Waals surface area contributed by atoms with Crippen LogP contribution in [-0.4, -0.2) is 52.7 Å². The highest BCUT2D eigenvalue weighted by atomic mass is 16.5. The van der Waals surface area contributed by atoms with Gasteiger partial charge in [0.25, 0.3) is 0 Å². The molecule has 2 aromatic rings. The summed E-state index contributed by atoms with van der Waals surface area (Å²) in [5, 5.41) is 35.6. The van der Waals surface area contributed by atoms with E-state index in [0.29, 0.717) is 44.4 Å². The number of aryl methyl sites for hydroxylation is 1. The quantitative estimate of drug-likeness (QED) is 0.167. The van der Waals surface area contributed by atoms with E-state index in [1.807, 2.05) is 18.3 Å². The van der Waals surface area contributed by atoms with Crippen LogP contribution in [0.1, 0.15) is 92.0 Å². The van der Waals surface area contributed by atoms with Gasteiger partial charge in [-0.2, -0.15) is 0 Å². The Hall–Kier alpha value is -3.78. The molecule has 9 nitrogen and oxygen atoms in total. The van der Waals surface area contributed by atoms with Crippen molar-refractivity contribution >= 4 is 12.0 Å². The number of phenolic OH excluding ortho intramolecular Hbond substituents is 1. The average Bonchev–Trinajstić information content (AvgIpc) is 3.62. The van der Waals surface area contributed by atoms with Crippen LogP contribution < -0.4 is 20.7 Å². The second kappa shape index (κ2) is 14.3. The van der Waals surface area contributed by atoms with Gasteiger partial charge in [0.2, 0.25) is 6.23 Å². The number of unbranched alkanes of at least 4 members (excludes halogenated alkanes) is 2. The first-order valence-electron chi connectivity index (χ1n) is 16.6. The van der Waals surface area contributed by atoms with E-state index >= 15 is 0 Å². The average molecular weight is 626 g/mol. The minimum Gasteiger partial charge on any atom is -0.504 e. The number of aliphatic imine (C=N–C) groups is 1. The molecular weight excluding hydrogens is 580 g/mol. The summed E-state index contributed by atoms with van der Waals surface area (Å²) < 4.78 is 6.45. The first-order valence-corrected chi connectivity index (χ1v) is 16.6. The number of ether oxygens (including phenoxy) is 1. The molecule has 242 valence electrons. The number of hydrogen-bond acceptors (Lipinski definition) is 8. The maximum Gasteiger partial charge on any atom is 0.247 e. The SMILES string of the molecule is CCCCC[C@@H](O)CC(=O)CCc1ccc(O)c(O[C@H]2CC#C[C@H](O)c3ccc4c(c3CC3=C5C[NH+]2C=C5N=C3)CCN[C@H]4N)c1. The summed E-state index contributed by atoms with van der Waals surface area (Å²) in [5.74, 6) is 6.59. The number of hydrogen-bond donors (Lipinski definition) is 6. The molecule has 46 heavy (non-hydrogen) atoms. The summed E-state index contributed by atoms with van der Waals surface area (Å²) >= 11 is 0. The highest BCUT2D eigenvalue weighted by molar-refractivity contribution is 5.87. The van der Waals surface area contributed by atoms with Crippen LogP contribution in [0.15, 0.2) is 58.4 Å². The van der Waals surface area contributed by atoms with Crippen molar-refractivity contribution in [2.45, 2.75) is 95.7 Å². The van der Waals surface area contributed by atoms with Crippen molar-refractivity contribution in [1.29, 1.82) is 0 Å². The number of aliphatic hydroxyl groups excluding tert-OH is 2. The number of aromatic hydroxyl groups is 1. The fourth-order valence-electron chi connectivity index (χ4n) is 6.94. The fourth-order valence-corrected chi connectivity index (χ4v) is 6.94. The maximum atomic E-state index is 12.5. The monoisotopic (exact) mass is 625 g/mol. The molecule has 4 aliphatic rings. The molecule has 0 radical (unpaired) electrons. The molecule has 6 rings (SSSR count). The summed E-state index contributed by atoms with van der Waals surface area (Å²) in [7, 11) is 0. The number of benzene rings is 2. The van der Waals surface area contributed by atoms with Crippen LogP contribution in [0.25, 0.3) is 0 Å². The van der Waals surface area contributed by atoms with Crippen molar-refractivity contribution in [1.82, 2.24) is 5.32 Å². The Morgan fingerprint density at radius 2 is 2.07 bits per heavy atom. The third-order valence-electron chi connectivity index (χ3n) is 9.53. The molecule has 4 aliphatic heterocycles. The largest absolute Gasteiger partial charge is 0.504 e. The summed E-state index contributed by atoms with van der Waals surface area (Å²) in [6.45, 7) is 3.56. The van der Waals surface area contributed by atoms with E-state index < -0.39 is 18.4 Å². The van der Waals surface area contributed by atoms with Gasteiger partial charge in [-0.25, -0.2) is 0 Å². The molecule has 0 spiro atoms. The van der Waals surface area contributed by atoms with Crippen LogP contribution in [0.5, 0.6) is 11.5 Å². The number of quaternary nitrogens is 1. The number of carbonyl (C=O) groups excluding carboxylic acids is 1. The molecule has 0 fully saturated rings. The van der Waals surface area contributed by atoms with Gasteiger partial charge < -0.3 is 25.8 Å². The maximum absolute atomic E-state index is 12.5. The van der Waals surface area contributed by atoms with E-state index in [1.165, 1.54) is 5.56 Å². The predicted octanol–water partition coefficient (Wildman–Crippen LogP) is 2.84. The first-order chi connectivity index (χ1) is 22.3. The second-order valence-corrected chi connectivity index (χ2v) is 12.8. The Morgan fingerprint density at radius 1 is 1.22 bits per heavy atom. The Labute approximate surface area is 270 Å². The van der Waals surface area contributed by atoms with Gasteiger partial charge in [0.15, 0.2) is 11.5 Å². The van der Waals surface area contributed by atoms with Crippen LogP contribution in [0.4, 0.5) is 0 Å². The Bertz CT molecular complexity index is 1630. The van der Waals surface area contributed by atoms with Gasteiger partial charge in [-0.15, -0.1) is 0 Å². The third-order valence-corrected chi connectivity index (χ3v) is 9.53. The lowest BCUT2D eigenvalue weighted by molar-refractivity contribution is -0.885. The van der Waals surface area contributed by atoms with Gasteiger partial charge in [-0.1, -0.05) is 56.2 Å². The lowest BCUT2D eigenvalue weighted by Crippen LogP contribution is -3.11. The topological polar surface area (TPSA) is 142 Å². The predicted molar refractivity (Wildman–Crippen MR) is 176 cm³/mol. The molecule has 0 saturated heterocycles. The van der Waals surface area contributed by atoms with Crippen molar-refractivity contribution in [2.75, 3.05) is 13.1 Å². The van der Waals surface area contributed by atoms with Gasteiger partial charge in [0.05, 0.1) is 12.3 Å². The minimum atomic E-state index is -0.968. The number of ketones is 1. The number of phenols is 1. The smallest absolute Gasteiger partial charge is 0.247 e. The lowest BCUT2D eigenvalue weighted by Gasteiger charge is -2.28. The number of Topliss-reactive ketones (excluding diaryl/α,β-unsaturated/α-hetero) is 1. The molecular formula is C37H45N4O5+. The number of carbonyl (C=O) groups is 1. The van der Waals surface area contributed by atoms with E-state index in [2.05, 4.69) is 30.3 Å². The number of fused-ring (bicyclic) bond motifs is 4. The molecule has 1 unspecified atom stereocenters. The normalized spacial score (nSPS) is 23.8. The zero-order valence-corrected chi connectivity index (χ0v) is 26.5. The van der Waals surface area contributed by atoms with Crippen molar-refractivity contribution in [3.8, 4) is 23.3 Å². The summed E-state index contributed by atoms with van der Waals surface area (Å²) in [5.41, 5.74) is 14.6. The highest BCUT2D eigenvalue weighted by Gasteiger charge is 2.36.